The molecule has 1 aliphatic rings. The summed E-state index contributed by atoms with van der Waals surface area (Å²) in [4.78, 5) is 0.324. The first-order valence-corrected chi connectivity index (χ1v) is 11.2. The number of aliphatic hydroxyl groups is 1. The molecule has 3 unspecified atom stereocenters. The molecule has 5 nitrogen and oxygen atoms in total. The van der Waals surface area contributed by atoms with Crippen LogP contribution < -0.4 is 10.1 Å². The van der Waals surface area contributed by atoms with Crippen molar-refractivity contribution < 1.29 is 18.3 Å². The zero-order valence-electron chi connectivity index (χ0n) is 15.8. The minimum absolute atomic E-state index is 0.0329. The third kappa shape index (κ3) is 5.23. The molecular formula is C21H27NO4S. The standard InChI is InChI=1S/C21H27NO4S/c1-15(16-7-13-19(14-8-16)27(2,24)25)22-17-9-11-18(12-10-17)26-21-6-4-3-5-20(21)23/h7-15,20-23H,3-6H2,1-2H3. The first-order valence-electron chi connectivity index (χ1n) is 9.34. The Bertz CT molecular complexity index is 847. The fourth-order valence-corrected chi connectivity index (χ4v) is 3.99. The molecule has 0 amide bonds. The lowest BCUT2D eigenvalue weighted by Gasteiger charge is -2.28. The summed E-state index contributed by atoms with van der Waals surface area (Å²) in [5, 5.41) is 13.4. The van der Waals surface area contributed by atoms with E-state index in [1.165, 1.54) is 6.26 Å². The maximum atomic E-state index is 11.6. The van der Waals surface area contributed by atoms with Crippen LogP contribution in [-0.4, -0.2) is 32.0 Å². The van der Waals surface area contributed by atoms with Gasteiger partial charge in [0.15, 0.2) is 9.84 Å². The van der Waals surface area contributed by atoms with E-state index in [4.69, 9.17) is 4.74 Å². The van der Waals surface area contributed by atoms with Gasteiger partial charge < -0.3 is 15.2 Å². The van der Waals surface area contributed by atoms with Crippen molar-refractivity contribution >= 4 is 15.5 Å². The molecule has 2 N–H and O–H groups in total. The Hall–Kier alpha value is -2.05. The maximum Gasteiger partial charge on any atom is 0.175 e. The highest BCUT2D eigenvalue weighted by Gasteiger charge is 2.24. The van der Waals surface area contributed by atoms with Crippen LogP contribution in [-0.2, 0) is 9.84 Å². The molecule has 3 atom stereocenters. The normalized spacial score (nSPS) is 21.4. The van der Waals surface area contributed by atoms with Gasteiger partial charge >= 0.3 is 0 Å². The van der Waals surface area contributed by atoms with E-state index in [2.05, 4.69) is 5.32 Å². The Morgan fingerprint density at radius 3 is 2.26 bits per heavy atom. The molecule has 0 spiro atoms. The monoisotopic (exact) mass is 389 g/mol. The van der Waals surface area contributed by atoms with Crippen LogP contribution in [0.25, 0.3) is 0 Å². The number of rotatable bonds is 6. The summed E-state index contributed by atoms with van der Waals surface area (Å²) in [6.45, 7) is 2.03. The lowest BCUT2D eigenvalue weighted by molar-refractivity contribution is 0.00688. The van der Waals surface area contributed by atoms with Crippen molar-refractivity contribution in [2.75, 3.05) is 11.6 Å². The van der Waals surface area contributed by atoms with Crippen molar-refractivity contribution in [3.63, 3.8) is 0 Å². The van der Waals surface area contributed by atoms with Gasteiger partial charge in [0.25, 0.3) is 0 Å². The number of sulfone groups is 1. The minimum atomic E-state index is -3.18. The van der Waals surface area contributed by atoms with E-state index in [0.717, 1.165) is 42.7 Å². The molecule has 0 radical (unpaired) electrons. The highest BCUT2D eigenvalue weighted by molar-refractivity contribution is 7.90. The van der Waals surface area contributed by atoms with Crippen LogP contribution in [0.2, 0.25) is 0 Å². The molecule has 0 bridgehead atoms. The largest absolute Gasteiger partial charge is 0.488 e. The van der Waals surface area contributed by atoms with Gasteiger partial charge in [0.1, 0.15) is 11.9 Å². The van der Waals surface area contributed by atoms with Gasteiger partial charge in [-0.05, 0) is 68.1 Å². The van der Waals surface area contributed by atoms with E-state index in [0.29, 0.717) is 4.90 Å². The Morgan fingerprint density at radius 1 is 1.04 bits per heavy atom. The molecular weight excluding hydrogens is 362 g/mol. The first-order chi connectivity index (χ1) is 12.8. The summed E-state index contributed by atoms with van der Waals surface area (Å²) in [6.07, 6.45) is 4.56. The molecule has 0 heterocycles. The summed E-state index contributed by atoms with van der Waals surface area (Å²) in [6, 6.07) is 14.7. The van der Waals surface area contributed by atoms with Gasteiger partial charge in [-0.3, -0.25) is 0 Å². The van der Waals surface area contributed by atoms with Gasteiger partial charge in [0, 0.05) is 18.0 Å². The average molecular weight is 390 g/mol. The molecule has 1 fully saturated rings. The number of hydrogen-bond donors (Lipinski definition) is 2. The minimum Gasteiger partial charge on any atom is -0.488 e. The topological polar surface area (TPSA) is 75.6 Å². The Kier molecular flexibility index (Phi) is 6.07. The van der Waals surface area contributed by atoms with Crippen molar-refractivity contribution in [2.45, 2.75) is 55.8 Å². The van der Waals surface area contributed by atoms with Crippen LogP contribution in [0.15, 0.2) is 53.4 Å². The highest BCUT2D eigenvalue weighted by atomic mass is 32.2. The Morgan fingerprint density at radius 2 is 1.67 bits per heavy atom. The summed E-state index contributed by atoms with van der Waals surface area (Å²) in [5.41, 5.74) is 1.96. The van der Waals surface area contributed by atoms with E-state index in [-0.39, 0.29) is 18.2 Å². The molecule has 0 saturated heterocycles. The second-order valence-electron chi connectivity index (χ2n) is 7.24. The van der Waals surface area contributed by atoms with E-state index in [9.17, 15) is 13.5 Å². The van der Waals surface area contributed by atoms with Crippen LogP contribution in [0.1, 0.15) is 44.2 Å². The third-order valence-electron chi connectivity index (χ3n) is 5.00. The highest BCUT2D eigenvalue weighted by Crippen LogP contribution is 2.26. The number of ether oxygens (including phenoxy) is 1. The van der Waals surface area contributed by atoms with E-state index < -0.39 is 9.84 Å². The van der Waals surface area contributed by atoms with Crippen LogP contribution in [0.3, 0.4) is 0 Å². The molecule has 146 valence electrons. The number of nitrogens with one attached hydrogen (secondary N) is 1. The Labute approximate surface area is 161 Å². The molecule has 2 aromatic carbocycles. The average Bonchev–Trinajstić information content (AvgIpc) is 2.64. The first kappa shape index (κ1) is 19.7. The lowest BCUT2D eigenvalue weighted by Crippen LogP contribution is -2.34. The summed E-state index contributed by atoms with van der Waals surface area (Å²) < 4.78 is 29.0. The van der Waals surface area contributed by atoms with E-state index in [1.807, 2.05) is 43.3 Å². The molecule has 0 aromatic heterocycles. The van der Waals surface area contributed by atoms with Crippen LogP contribution >= 0.6 is 0 Å². The Balaban J connectivity index is 1.60. The van der Waals surface area contributed by atoms with Crippen molar-refractivity contribution in [3.05, 3.63) is 54.1 Å². The predicted molar refractivity (Wildman–Crippen MR) is 107 cm³/mol. The maximum absolute atomic E-state index is 11.6. The SMILES string of the molecule is CC(Nc1ccc(OC2CCCCC2O)cc1)c1ccc(S(C)(=O)=O)cc1. The smallest absolute Gasteiger partial charge is 0.175 e. The number of benzene rings is 2. The van der Waals surface area contributed by atoms with Gasteiger partial charge in [0.2, 0.25) is 0 Å². The second-order valence-corrected chi connectivity index (χ2v) is 9.26. The van der Waals surface area contributed by atoms with E-state index >= 15 is 0 Å². The van der Waals surface area contributed by atoms with Crippen molar-refractivity contribution in [1.29, 1.82) is 0 Å². The molecule has 1 saturated carbocycles. The zero-order chi connectivity index (χ0) is 19.4. The van der Waals surface area contributed by atoms with Crippen molar-refractivity contribution in [3.8, 4) is 5.75 Å². The van der Waals surface area contributed by atoms with Crippen LogP contribution in [0.5, 0.6) is 5.75 Å². The molecule has 2 aromatic rings. The fraction of sp³-hybridized carbons (Fsp3) is 0.429. The quantitative estimate of drug-likeness (QED) is 0.782. The zero-order valence-corrected chi connectivity index (χ0v) is 16.6. The number of anilines is 1. The molecule has 0 aliphatic heterocycles. The fourth-order valence-electron chi connectivity index (χ4n) is 3.36. The van der Waals surface area contributed by atoms with Crippen molar-refractivity contribution in [2.24, 2.45) is 0 Å². The molecule has 1 aliphatic carbocycles. The van der Waals surface area contributed by atoms with Gasteiger partial charge in [0.05, 0.1) is 11.0 Å². The van der Waals surface area contributed by atoms with Gasteiger partial charge in [-0.15, -0.1) is 0 Å². The number of aliphatic hydroxyl groups excluding tert-OH is 1. The van der Waals surface area contributed by atoms with Gasteiger partial charge in [-0.2, -0.15) is 0 Å². The summed E-state index contributed by atoms with van der Waals surface area (Å²) in [5.74, 6) is 0.761. The third-order valence-corrected chi connectivity index (χ3v) is 6.13. The molecule has 27 heavy (non-hydrogen) atoms. The summed E-state index contributed by atoms with van der Waals surface area (Å²) in [7, 11) is -3.18. The lowest BCUT2D eigenvalue weighted by atomic mass is 9.95. The van der Waals surface area contributed by atoms with Gasteiger partial charge in [-0.1, -0.05) is 18.6 Å². The molecule has 6 heteroatoms. The van der Waals surface area contributed by atoms with Crippen LogP contribution in [0.4, 0.5) is 5.69 Å². The predicted octanol–water partition coefficient (Wildman–Crippen LogP) is 3.95. The van der Waals surface area contributed by atoms with Crippen molar-refractivity contribution in [1.82, 2.24) is 0 Å². The molecule has 3 rings (SSSR count). The van der Waals surface area contributed by atoms with Crippen LogP contribution in [0, 0.1) is 0 Å². The van der Waals surface area contributed by atoms with E-state index in [1.54, 1.807) is 12.1 Å². The second kappa shape index (κ2) is 8.31. The number of hydrogen-bond acceptors (Lipinski definition) is 5. The summed E-state index contributed by atoms with van der Waals surface area (Å²) >= 11 is 0. The van der Waals surface area contributed by atoms with Gasteiger partial charge in [-0.25, -0.2) is 8.42 Å².